The Kier molecular flexibility index (Phi) is 6.71. The molecule has 0 radical (unpaired) electrons. The molecule has 1 aromatic heterocycles. The van der Waals surface area contributed by atoms with Gasteiger partial charge in [0.05, 0.1) is 12.4 Å². The van der Waals surface area contributed by atoms with Crippen molar-refractivity contribution in [2.75, 3.05) is 17.7 Å². The van der Waals surface area contributed by atoms with Gasteiger partial charge in [0.2, 0.25) is 5.91 Å². The van der Waals surface area contributed by atoms with Crippen LogP contribution in [0.5, 0.6) is 5.75 Å². The lowest BCUT2D eigenvalue weighted by molar-refractivity contribution is -0.113. The van der Waals surface area contributed by atoms with Crippen LogP contribution in [-0.2, 0) is 11.3 Å². The lowest BCUT2D eigenvalue weighted by atomic mass is 10.2. The number of aromatic nitrogens is 3. The Morgan fingerprint density at radius 3 is 2.54 bits per heavy atom. The minimum absolute atomic E-state index is 0.0624. The van der Waals surface area contributed by atoms with Gasteiger partial charge in [-0.2, -0.15) is 0 Å². The monoisotopic (exact) mass is 396 g/mol. The molecule has 0 fully saturated rings. The van der Waals surface area contributed by atoms with Crippen LogP contribution < -0.4 is 10.1 Å². The maximum Gasteiger partial charge on any atom is 0.234 e. The van der Waals surface area contributed by atoms with Gasteiger partial charge in [-0.05, 0) is 56.7 Å². The third-order valence-electron chi connectivity index (χ3n) is 4.21. The van der Waals surface area contributed by atoms with Crippen molar-refractivity contribution in [1.29, 1.82) is 0 Å². The second-order valence-electron chi connectivity index (χ2n) is 6.16. The minimum atomic E-state index is -0.0624. The van der Waals surface area contributed by atoms with Crippen molar-refractivity contribution < 1.29 is 9.53 Å². The van der Waals surface area contributed by atoms with Crippen molar-refractivity contribution in [3.63, 3.8) is 0 Å². The van der Waals surface area contributed by atoms with Crippen LogP contribution >= 0.6 is 11.8 Å². The summed E-state index contributed by atoms with van der Waals surface area (Å²) in [5.41, 5.74) is 2.84. The van der Waals surface area contributed by atoms with Gasteiger partial charge in [-0.3, -0.25) is 4.79 Å². The number of thioether (sulfide) groups is 1. The number of para-hydroxylation sites is 1. The second kappa shape index (κ2) is 9.41. The van der Waals surface area contributed by atoms with Crippen LogP contribution in [0.1, 0.15) is 19.4 Å². The van der Waals surface area contributed by atoms with Gasteiger partial charge in [0.25, 0.3) is 0 Å². The van der Waals surface area contributed by atoms with Crippen molar-refractivity contribution in [1.82, 2.24) is 14.8 Å². The molecule has 3 rings (SSSR count). The Bertz CT molecular complexity index is 938. The molecule has 0 aliphatic rings. The molecule has 6 nitrogen and oxygen atoms in total. The number of anilines is 1. The molecule has 1 heterocycles. The van der Waals surface area contributed by atoms with Crippen LogP contribution in [0.25, 0.3) is 11.4 Å². The number of nitrogens with zero attached hydrogens (tertiary/aromatic N) is 3. The highest BCUT2D eigenvalue weighted by Crippen LogP contribution is 2.26. The summed E-state index contributed by atoms with van der Waals surface area (Å²) in [5.74, 6) is 1.83. The zero-order chi connectivity index (χ0) is 19.9. The predicted molar refractivity (Wildman–Crippen MR) is 113 cm³/mol. The number of ether oxygens (including phenoxy) is 1. The molecule has 146 valence electrons. The molecule has 3 aromatic rings. The van der Waals surface area contributed by atoms with Gasteiger partial charge in [0.1, 0.15) is 5.75 Å². The lowest BCUT2D eigenvalue weighted by Crippen LogP contribution is -2.15. The van der Waals surface area contributed by atoms with Crippen LogP contribution in [0.15, 0.2) is 53.7 Å². The molecule has 1 N–H and O–H groups in total. The summed E-state index contributed by atoms with van der Waals surface area (Å²) >= 11 is 1.38. The molecule has 0 bridgehead atoms. The molecule has 0 saturated carbocycles. The maximum atomic E-state index is 12.3. The fraction of sp³-hybridized carbons (Fsp3) is 0.286. The molecule has 0 unspecified atom stereocenters. The molecule has 1 amide bonds. The van der Waals surface area contributed by atoms with Crippen LogP contribution in [-0.4, -0.2) is 33.0 Å². The van der Waals surface area contributed by atoms with E-state index in [0.29, 0.717) is 6.61 Å². The Balaban J connectivity index is 1.68. The minimum Gasteiger partial charge on any atom is -0.494 e. The van der Waals surface area contributed by atoms with Gasteiger partial charge in [0.15, 0.2) is 11.0 Å². The van der Waals surface area contributed by atoms with Crippen molar-refractivity contribution in [2.24, 2.45) is 0 Å². The first-order chi connectivity index (χ1) is 13.6. The van der Waals surface area contributed by atoms with Gasteiger partial charge in [0, 0.05) is 17.8 Å². The number of amides is 1. The normalized spacial score (nSPS) is 10.7. The van der Waals surface area contributed by atoms with Gasteiger partial charge in [-0.15, -0.1) is 10.2 Å². The molecule has 0 atom stereocenters. The number of nitrogens with one attached hydrogen (secondary N) is 1. The van der Waals surface area contributed by atoms with E-state index < -0.39 is 0 Å². The van der Waals surface area contributed by atoms with Gasteiger partial charge in [-0.25, -0.2) is 0 Å². The number of rotatable bonds is 8. The number of carbonyl (C=O) groups is 1. The summed E-state index contributed by atoms with van der Waals surface area (Å²) in [4.78, 5) is 12.3. The van der Waals surface area contributed by atoms with E-state index >= 15 is 0 Å². The van der Waals surface area contributed by atoms with Crippen LogP contribution in [0.4, 0.5) is 5.69 Å². The van der Waals surface area contributed by atoms with Gasteiger partial charge in [-0.1, -0.05) is 30.0 Å². The van der Waals surface area contributed by atoms with E-state index in [0.717, 1.165) is 40.1 Å². The summed E-state index contributed by atoms with van der Waals surface area (Å²) in [5, 5.41) is 12.3. The molecular weight excluding hydrogens is 372 g/mol. The first-order valence-corrected chi connectivity index (χ1v) is 10.3. The van der Waals surface area contributed by atoms with E-state index in [9.17, 15) is 4.79 Å². The Labute approximate surface area is 169 Å². The Morgan fingerprint density at radius 2 is 1.86 bits per heavy atom. The number of aryl methyl sites for hydroxylation is 1. The van der Waals surface area contributed by atoms with Crippen LogP contribution in [0.2, 0.25) is 0 Å². The fourth-order valence-electron chi connectivity index (χ4n) is 2.79. The second-order valence-corrected chi connectivity index (χ2v) is 7.10. The third kappa shape index (κ3) is 4.72. The maximum absolute atomic E-state index is 12.3. The molecule has 0 saturated heterocycles. The number of hydrogen-bond acceptors (Lipinski definition) is 5. The summed E-state index contributed by atoms with van der Waals surface area (Å²) in [7, 11) is 0. The van der Waals surface area contributed by atoms with Crippen LogP contribution in [0, 0.1) is 6.92 Å². The largest absolute Gasteiger partial charge is 0.494 e. The highest BCUT2D eigenvalue weighted by molar-refractivity contribution is 7.99. The molecule has 0 aliphatic heterocycles. The third-order valence-corrected chi connectivity index (χ3v) is 5.17. The molecule has 0 spiro atoms. The smallest absolute Gasteiger partial charge is 0.234 e. The van der Waals surface area contributed by atoms with Gasteiger partial charge < -0.3 is 14.6 Å². The van der Waals surface area contributed by atoms with E-state index in [1.807, 2.05) is 73.9 Å². The molecule has 7 heteroatoms. The van der Waals surface area contributed by atoms with Crippen molar-refractivity contribution in [3.8, 4) is 17.1 Å². The first-order valence-electron chi connectivity index (χ1n) is 9.27. The molecular formula is C21H24N4O2S. The molecule has 2 aromatic carbocycles. The first kappa shape index (κ1) is 19.9. The van der Waals surface area contributed by atoms with Gasteiger partial charge >= 0.3 is 0 Å². The summed E-state index contributed by atoms with van der Waals surface area (Å²) in [6.45, 7) is 7.33. The van der Waals surface area contributed by atoms with Crippen LogP contribution in [0.3, 0.4) is 0 Å². The average Bonchev–Trinajstić information content (AvgIpc) is 3.12. The summed E-state index contributed by atoms with van der Waals surface area (Å²) in [6.07, 6.45) is 0. The number of benzene rings is 2. The zero-order valence-corrected chi connectivity index (χ0v) is 17.1. The average molecular weight is 397 g/mol. The highest BCUT2D eigenvalue weighted by Gasteiger charge is 2.15. The summed E-state index contributed by atoms with van der Waals surface area (Å²) in [6, 6.07) is 15.5. The topological polar surface area (TPSA) is 69.0 Å². The summed E-state index contributed by atoms with van der Waals surface area (Å²) < 4.78 is 7.50. The zero-order valence-electron chi connectivity index (χ0n) is 16.3. The predicted octanol–water partition coefficient (Wildman–Crippen LogP) is 4.40. The molecule has 28 heavy (non-hydrogen) atoms. The van der Waals surface area contributed by atoms with Crippen molar-refractivity contribution >= 4 is 23.4 Å². The van der Waals surface area contributed by atoms with E-state index in [1.54, 1.807) is 0 Å². The number of carbonyl (C=O) groups excluding carboxylic acids is 1. The SMILES string of the molecule is CCOc1ccc(-c2nnc(SCC(=O)Nc3ccccc3C)n2CC)cc1. The lowest BCUT2D eigenvalue weighted by Gasteiger charge is -2.09. The number of hydrogen-bond donors (Lipinski definition) is 1. The fourth-order valence-corrected chi connectivity index (χ4v) is 3.59. The van der Waals surface area contributed by atoms with E-state index in [-0.39, 0.29) is 11.7 Å². The van der Waals surface area contributed by atoms with Crippen molar-refractivity contribution in [3.05, 3.63) is 54.1 Å². The quantitative estimate of drug-likeness (QED) is 0.572. The van der Waals surface area contributed by atoms with E-state index in [2.05, 4.69) is 15.5 Å². The highest BCUT2D eigenvalue weighted by atomic mass is 32.2. The standard InChI is InChI=1S/C21H24N4O2S/c1-4-25-20(16-10-12-17(13-11-16)27-5-2)23-24-21(25)28-14-19(26)22-18-9-7-6-8-15(18)3/h6-13H,4-5,14H2,1-3H3,(H,22,26). The van der Waals surface area contributed by atoms with E-state index in [1.165, 1.54) is 11.8 Å². The Hall–Kier alpha value is -2.80. The van der Waals surface area contributed by atoms with E-state index in [4.69, 9.17) is 4.74 Å². The Morgan fingerprint density at radius 1 is 1.11 bits per heavy atom. The molecule has 0 aliphatic carbocycles. The van der Waals surface area contributed by atoms with Crippen molar-refractivity contribution in [2.45, 2.75) is 32.5 Å².